The summed E-state index contributed by atoms with van der Waals surface area (Å²) in [6.45, 7) is 0.404. The molecule has 66 valence electrons. The lowest BCUT2D eigenvalue weighted by Gasteiger charge is -2.11. The standard InChI is InChI=1S/C8H8N4O/c9-8(13)6-3-5-7(4-12-6)11-2-1-10-5/h1-2H,3-4H2,(H2,9,13). The molecule has 0 fully saturated rings. The van der Waals surface area contributed by atoms with E-state index in [-0.39, 0.29) is 0 Å². The summed E-state index contributed by atoms with van der Waals surface area (Å²) in [5.74, 6) is -0.476. The monoisotopic (exact) mass is 176 g/mol. The average molecular weight is 176 g/mol. The summed E-state index contributed by atoms with van der Waals surface area (Å²) in [6.07, 6.45) is 3.62. The summed E-state index contributed by atoms with van der Waals surface area (Å²) < 4.78 is 0. The Kier molecular flexibility index (Phi) is 1.77. The minimum Gasteiger partial charge on any atom is -0.365 e. The maximum atomic E-state index is 10.8. The zero-order chi connectivity index (χ0) is 9.26. The van der Waals surface area contributed by atoms with Crippen molar-refractivity contribution in [1.29, 1.82) is 0 Å². The van der Waals surface area contributed by atoms with Crippen molar-refractivity contribution in [2.24, 2.45) is 10.7 Å². The van der Waals surface area contributed by atoms with E-state index in [4.69, 9.17) is 5.73 Å². The topological polar surface area (TPSA) is 81.2 Å². The molecule has 1 amide bonds. The molecule has 0 aliphatic carbocycles. The number of fused-ring (bicyclic) bond motifs is 1. The minimum absolute atomic E-state index is 0.382. The fourth-order valence-corrected chi connectivity index (χ4v) is 1.23. The van der Waals surface area contributed by atoms with Gasteiger partial charge in [0, 0.05) is 18.8 Å². The van der Waals surface area contributed by atoms with Crippen LogP contribution in [-0.2, 0) is 17.8 Å². The fourth-order valence-electron chi connectivity index (χ4n) is 1.23. The Balaban J connectivity index is 2.33. The quantitative estimate of drug-likeness (QED) is 0.623. The van der Waals surface area contributed by atoms with Crippen LogP contribution in [0.3, 0.4) is 0 Å². The SMILES string of the molecule is NC(=O)C1=NCc2nccnc2C1. The predicted octanol–water partition coefficient (Wildman–Crippen LogP) is -0.541. The third-order valence-electron chi connectivity index (χ3n) is 1.90. The number of aromatic nitrogens is 2. The molecule has 0 atom stereocenters. The van der Waals surface area contributed by atoms with Crippen LogP contribution in [0, 0.1) is 0 Å². The van der Waals surface area contributed by atoms with Gasteiger partial charge < -0.3 is 5.73 Å². The molecule has 0 radical (unpaired) electrons. The lowest BCUT2D eigenvalue weighted by Crippen LogP contribution is -2.28. The van der Waals surface area contributed by atoms with Crippen LogP contribution in [0.5, 0.6) is 0 Å². The van der Waals surface area contributed by atoms with E-state index in [1.807, 2.05) is 0 Å². The van der Waals surface area contributed by atoms with Gasteiger partial charge in [0.15, 0.2) is 0 Å². The van der Waals surface area contributed by atoms with Crippen molar-refractivity contribution in [3.05, 3.63) is 23.8 Å². The predicted molar refractivity (Wildman–Crippen MR) is 46.1 cm³/mol. The first-order valence-corrected chi connectivity index (χ1v) is 3.89. The summed E-state index contributed by atoms with van der Waals surface area (Å²) in [7, 11) is 0. The van der Waals surface area contributed by atoms with E-state index < -0.39 is 5.91 Å². The molecule has 0 bridgehead atoms. The van der Waals surface area contributed by atoms with Gasteiger partial charge >= 0.3 is 0 Å². The van der Waals surface area contributed by atoms with Crippen molar-refractivity contribution in [3.63, 3.8) is 0 Å². The number of aliphatic imine (C=N–C) groups is 1. The smallest absolute Gasteiger partial charge is 0.263 e. The van der Waals surface area contributed by atoms with Crippen molar-refractivity contribution >= 4 is 11.6 Å². The van der Waals surface area contributed by atoms with Gasteiger partial charge in [-0.2, -0.15) is 0 Å². The van der Waals surface area contributed by atoms with Crippen LogP contribution in [0.1, 0.15) is 11.4 Å². The summed E-state index contributed by atoms with van der Waals surface area (Å²) >= 11 is 0. The molecular weight excluding hydrogens is 168 g/mol. The van der Waals surface area contributed by atoms with E-state index in [0.717, 1.165) is 11.4 Å². The number of carbonyl (C=O) groups excluding carboxylic acids is 1. The number of hydrogen-bond donors (Lipinski definition) is 1. The molecule has 0 unspecified atom stereocenters. The molecule has 2 heterocycles. The van der Waals surface area contributed by atoms with Gasteiger partial charge in [0.1, 0.15) is 5.71 Å². The van der Waals surface area contributed by atoms with E-state index in [1.165, 1.54) is 0 Å². The molecule has 0 saturated carbocycles. The van der Waals surface area contributed by atoms with Gasteiger partial charge in [0.25, 0.3) is 5.91 Å². The first kappa shape index (κ1) is 7.85. The Morgan fingerprint density at radius 2 is 2.00 bits per heavy atom. The van der Waals surface area contributed by atoms with E-state index in [2.05, 4.69) is 15.0 Å². The normalized spacial score (nSPS) is 14.6. The van der Waals surface area contributed by atoms with Crippen LogP contribution < -0.4 is 5.73 Å². The number of carbonyl (C=O) groups is 1. The molecule has 1 aliphatic heterocycles. The van der Waals surface area contributed by atoms with Crippen molar-refractivity contribution < 1.29 is 4.79 Å². The van der Waals surface area contributed by atoms with Gasteiger partial charge in [-0.3, -0.25) is 19.8 Å². The average Bonchev–Trinajstić information content (AvgIpc) is 2.17. The molecular formula is C8H8N4O. The fraction of sp³-hybridized carbons (Fsp3) is 0.250. The van der Waals surface area contributed by atoms with Crippen molar-refractivity contribution in [1.82, 2.24) is 9.97 Å². The summed E-state index contributed by atoms with van der Waals surface area (Å²) in [4.78, 5) is 23.0. The lowest BCUT2D eigenvalue weighted by atomic mass is 10.1. The van der Waals surface area contributed by atoms with Gasteiger partial charge in [-0.15, -0.1) is 0 Å². The second-order valence-electron chi connectivity index (χ2n) is 2.75. The summed E-state index contributed by atoms with van der Waals surface area (Å²) in [5.41, 5.74) is 7.11. The number of rotatable bonds is 1. The van der Waals surface area contributed by atoms with Crippen LogP contribution in [0.15, 0.2) is 17.4 Å². The molecule has 0 spiro atoms. The van der Waals surface area contributed by atoms with Crippen LogP contribution in [-0.4, -0.2) is 21.6 Å². The first-order chi connectivity index (χ1) is 6.27. The second-order valence-corrected chi connectivity index (χ2v) is 2.75. The Morgan fingerprint density at radius 1 is 1.31 bits per heavy atom. The largest absolute Gasteiger partial charge is 0.365 e. The maximum Gasteiger partial charge on any atom is 0.263 e. The first-order valence-electron chi connectivity index (χ1n) is 3.89. The molecule has 1 aliphatic rings. The number of hydrogen-bond acceptors (Lipinski definition) is 4. The highest BCUT2D eigenvalue weighted by Crippen LogP contribution is 2.10. The number of amides is 1. The lowest BCUT2D eigenvalue weighted by molar-refractivity contribution is -0.112. The van der Waals surface area contributed by atoms with Crippen LogP contribution in [0.4, 0.5) is 0 Å². The van der Waals surface area contributed by atoms with Gasteiger partial charge in [0.2, 0.25) is 0 Å². The highest BCUT2D eigenvalue weighted by atomic mass is 16.1. The molecule has 2 rings (SSSR count). The second kappa shape index (κ2) is 2.93. The minimum atomic E-state index is -0.476. The summed E-state index contributed by atoms with van der Waals surface area (Å²) in [6, 6.07) is 0. The Morgan fingerprint density at radius 3 is 2.69 bits per heavy atom. The highest BCUT2D eigenvalue weighted by Gasteiger charge is 2.17. The molecule has 2 N–H and O–H groups in total. The van der Waals surface area contributed by atoms with Crippen LogP contribution in [0.25, 0.3) is 0 Å². The Bertz CT molecular complexity index is 385. The van der Waals surface area contributed by atoms with Gasteiger partial charge in [-0.1, -0.05) is 0 Å². The van der Waals surface area contributed by atoms with Crippen molar-refractivity contribution in [2.45, 2.75) is 13.0 Å². The van der Waals surface area contributed by atoms with Crippen molar-refractivity contribution in [2.75, 3.05) is 0 Å². The summed E-state index contributed by atoms with van der Waals surface area (Å²) in [5, 5.41) is 0. The maximum absolute atomic E-state index is 10.8. The van der Waals surface area contributed by atoms with Gasteiger partial charge in [0.05, 0.1) is 17.9 Å². The third kappa shape index (κ3) is 1.40. The highest BCUT2D eigenvalue weighted by molar-refractivity contribution is 6.38. The Labute approximate surface area is 74.7 Å². The molecule has 13 heavy (non-hydrogen) atoms. The van der Waals surface area contributed by atoms with Gasteiger partial charge in [-0.25, -0.2) is 0 Å². The Hall–Kier alpha value is -1.78. The van der Waals surface area contributed by atoms with Crippen LogP contribution in [0.2, 0.25) is 0 Å². The van der Waals surface area contributed by atoms with E-state index >= 15 is 0 Å². The van der Waals surface area contributed by atoms with Gasteiger partial charge in [-0.05, 0) is 0 Å². The van der Waals surface area contributed by atoms with Crippen molar-refractivity contribution in [3.8, 4) is 0 Å². The van der Waals surface area contributed by atoms with E-state index in [1.54, 1.807) is 12.4 Å². The van der Waals surface area contributed by atoms with E-state index in [9.17, 15) is 4.79 Å². The number of nitrogens with zero attached hydrogens (tertiary/aromatic N) is 3. The van der Waals surface area contributed by atoms with E-state index in [0.29, 0.717) is 18.7 Å². The molecule has 0 aromatic carbocycles. The molecule has 1 aromatic heterocycles. The molecule has 1 aromatic rings. The molecule has 5 nitrogen and oxygen atoms in total. The molecule has 5 heteroatoms. The van der Waals surface area contributed by atoms with Crippen LogP contribution >= 0.6 is 0 Å². The number of primary amides is 1. The third-order valence-corrected chi connectivity index (χ3v) is 1.90. The zero-order valence-corrected chi connectivity index (χ0v) is 6.90. The number of nitrogens with two attached hydrogens (primary N) is 1. The molecule has 0 saturated heterocycles. The zero-order valence-electron chi connectivity index (χ0n) is 6.90.